The third-order valence-corrected chi connectivity index (χ3v) is 2.97. The summed E-state index contributed by atoms with van der Waals surface area (Å²) >= 11 is 0. The molecule has 0 aromatic heterocycles. The van der Waals surface area contributed by atoms with E-state index in [2.05, 4.69) is 26.0 Å². The molecule has 1 rings (SSSR count). The maximum absolute atomic E-state index is 11.2. The molecule has 0 radical (unpaired) electrons. The Morgan fingerprint density at radius 1 is 1.29 bits per heavy atom. The highest BCUT2D eigenvalue weighted by molar-refractivity contribution is 5.69. The van der Waals surface area contributed by atoms with Crippen LogP contribution in [0.5, 0.6) is 0 Å². The summed E-state index contributed by atoms with van der Waals surface area (Å²) in [6.45, 7) is 8.13. The van der Waals surface area contributed by atoms with Crippen molar-refractivity contribution in [1.82, 2.24) is 0 Å². The van der Waals surface area contributed by atoms with Crippen molar-refractivity contribution in [2.45, 2.75) is 52.1 Å². The summed E-state index contributed by atoms with van der Waals surface area (Å²) in [4.78, 5) is 11.2. The molecule has 0 spiro atoms. The SMILES string of the molecule is CCC(=O)OC(C)CC(C)(C)c1ccccc1. The van der Waals surface area contributed by atoms with Gasteiger partial charge in [-0.1, -0.05) is 51.1 Å². The molecule has 1 atom stereocenters. The summed E-state index contributed by atoms with van der Waals surface area (Å²) in [6, 6.07) is 10.3. The third-order valence-electron chi connectivity index (χ3n) is 2.97. The predicted octanol–water partition coefficient (Wildman–Crippen LogP) is 3.70. The Morgan fingerprint density at radius 2 is 1.88 bits per heavy atom. The third kappa shape index (κ3) is 4.22. The molecule has 0 amide bonds. The molecule has 1 unspecified atom stereocenters. The van der Waals surface area contributed by atoms with Gasteiger partial charge in [0.15, 0.2) is 0 Å². The Kier molecular flexibility index (Phi) is 4.73. The van der Waals surface area contributed by atoms with Gasteiger partial charge in [-0.25, -0.2) is 0 Å². The van der Waals surface area contributed by atoms with Crippen LogP contribution in [0.15, 0.2) is 30.3 Å². The molecule has 0 bridgehead atoms. The van der Waals surface area contributed by atoms with Gasteiger partial charge in [0, 0.05) is 6.42 Å². The van der Waals surface area contributed by atoms with Crippen molar-refractivity contribution < 1.29 is 9.53 Å². The lowest BCUT2D eigenvalue weighted by molar-refractivity contribution is -0.148. The molecule has 1 aromatic rings. The topological polar surface area (TPSA) is 26.3 Å². The number of hydrogen-bond donors (Lipinski definition) is 0. The highest BCUT2D eigenvalue weighted by atomic mass is 16.5. The van der Waals surface area contributed by atoms with Crippen molar-refractivity contribution in [2.75, 3.05) is 0 Å². The lowest BCUT2D eigenvalue weighted by Gasteiger charge is -2.28. The van der Waals surface area contributed by atoms with Gasteiger partial charge in [0.05, 0.1) is 6.10 Å². The summed E-state index contributed by atoms with van der Waals surface area (Å²) in [6.07, 6.45) is 1.23. The summed E-state index contributed by atoms with van der Waals surface area (Å²) in [5.74, 6) is -0.124. The van der Waals surface area contributed by atoms with E-state index in [-0.39, 0.29) is 17.5 Å². The zero-order valence-corrected chi connectivity index (χ0v) is 11.2. The highest BCUT2D eigenvalue weighted by Crippen LogP contribution is 2.29. The second-order valence-corrected chi connectivity index (χ2v) is 5.11. The number of ether oxygens (including phenoxy) is 1. The normalized spacial score (nSPS) is 13.2. The summed E-state index contributed by atoms with van der Waals surface area (Å²) in [5, 5.41) is 0. The standard InChI is InChI=1S/C15H22O2/c1-5-14(16)17-12(2)11-15(3,4)13-9-7-6-8-10-13/h6-10,12H,5,11H2,1-4H3. The van der Waals surface area contributed by atoms with Crippen LogP contribution >= 0.6 is 0 Å². The van der Waals surface area contributed by atoms with E-state index >= 15 is 0 Å². The minimum absolute atomic E-state index is 0.0225. The fourth-order valence-electron chi connectivity index (χ4n) is 2.08. The van der Waals surface area contributed by atoms with Gasteiger partial charge in [0.1, 0.15) is 0 Å². The number of rotatable bonds is 5. The summed E-state index contributed by atoms with van der Waals surface area (Å²) < 4.78 is 5.32. The van der Waals surface area contributed by atoms with Crippen LogP contribution in [0.4, 0.5) is 0 Å². The van der Waals surface area contributed by atoms with E-state index in [9.17, 15) is 4.79 Å². The molecule has 0 aliphatic rings. The average molecular weight is 234 g/mol. The average Bonchev–Trinajstić information content (AvgIpc) is 2.29. The first-order valence-electron chi connectivity index (χ1n) is 6.20. The number of hydrogen-bond acceptors (Lipinski definition) is 2. The van der Waals surface area contributed by atoms with Crippen LogP contribution in [0, 0.1) is 0 Å². The smallest absolute Gasteiger partial charge is 0.305 e. The fraction of sp³-hybridized carbons (Fsp3) is 0.533. The zero-order chi connectivity index (χ0) is 12.9. The second kappa shape index (κ2) is 5.85. The Morgan fingerprint density at radius 3 is 2.41 bits per heavy atom. The molecule has 0 fully saturated rings. The van der Waals surface area contributed by atoms with E-state index in [1.165, 1.54) is 5.56 Å². The lowest BCUT2D eigenvalue weighted by Crippen LogP contribution is -2.26. The number of esters is 1. The van der Waals surface area contributed by atoms with Gasteiger partial charge in [0.2, 0.25) is 0 Å². The van der Waals surface area contributed by atoms with Crippen molar-refractivity contribution in [2.24, 2.45) is 0 Å². The molecule has 0 aliphatic heterocycles. The number of benzene rings is 1. The molecule has 17 heavy (non-hydrogen) atoms. The van der Waals surface area contributed by atoms with Gasteiger partial charge in [-0.15, -0.1) is 0 Å². The molecule has 1 aromatic carbocycles. The van der Waals surface area contributed by atoms with Crippen molar-refractivity contribution in [3.63, 3.8) is 0 Å². The Bertz CT molecular complexity index is 354. The maximum atomic E-state index is 11.2. The Hall–Kier alpha value is -1.31. The first-order valence-corrected chi connectivity index (χ1v) is 6.20. The van der Waals surface area contributed by atoms with Crippen molar-refractivity contribution >= 4 is 5.97 Å². The Labute approximate surface area is 104 Å². The predicted molar refractivity (Wildman–Crippen MR) is 69.9 cm³/mol. The van der Waals surface area contributed by atoms with E-state index in [1.807, 2.05) is 32.0 Å². The van der Waals surface area contributed by atoms with E-state index in [1.54, 1.807) is 0 Å². The molecule has 94 valence electrons. The van der Waals surface area contributed by atoms with Crippen LogP contribution < -0.4 is 0 Å². The van der Waals surface area contributed by atoms with E-state index in [4.69, 9.17) is 4.74 Å². The molecule has 2 nitrogen and oxygen atoms in total. The molecular weight excluding hydrogens is 212 g/mol. The van der Waals surface area contributed by atoms with Crippen molar-refractivity contribution in [1.29, 1.82) is 0 Å². The first kappa shape index (κ1) is 13.8. The highest BCUT2D eigenvalue weighted by Gasteiger charge is 2.24. The van der Waals surface area contributed by atoms with E-state index in [0.717, 1.165) is 6.42 Å². The van der Waals surface area contributed by atoms with Crippen LogP contribution in [0.1, 0.15) is 46.1 Å². The number of carbonyl (C=O) groups excluding carboxylic acids is 1. The summed E-state index contributed by atoms with van der Waals surface area (Å²) in [5.41, 5.74) is 1.30. The quantitative estimate of drug-likeness (QED) is 0.726. The zero-order valence-electron chi connectivity index (χ0n) is 11.2. The number of carbonyl (C=O) groups is 1. The fourth-order valence-corrected chi connectivity index (χ4v) is 2.08. The van der Waals surface area contributed by atoms with Gasteiger partial charge in [-0.2, -0.15) is 0 Å². The Balaban J connectivity index is 2.63. The van der Waals surface area contributed by atoms with Crippen molar-refractivity contribution in [3.05, 3.63) is 35.9 Å². The second-order valence-electron chi connectivity index (χ2n) is 5.11. The maximum Gasteiger partial charge on any atom is 0.305 e. The van der Waals surface area contributed by atoms with Crippen molar-refractivity contribution in [3.8, 4) is 0 Å². The van der Waals surface area contributed by atoms with Crippen LogP contribution in [0.25, 0.3) is 0 Å². The summed E-state index contributed by atoms with van der Waals surface area (Å²) in [7, 11) is 0. The van der Waals surface area contributed by atoms with Gasteiger partial charge >= 0.3 is 5.97 Å². The molecule has 0 aliphatic carbocycles. The van der Waals surface area contributed by atoms with Gasteiger partial charge < -0.3 is 4.74 Å². The van der Waals surface area contributed by atoms with Crippen LogP contribution in [0.2, 0.25) is 0 Å². The van der Waals surface area contributed by atoms with Gasteiger partial charge in [-0.05, 0) is 24.3 Å². The first-order chi connectivity index (χ1) is 7.95. The minimum Gasteiger partial charge on any atom is -0.463 e. The molecule has 0 heterocycles. The monoisotopic (exact) mass is 234 g/mol. The van der Waals surface area contributed by atoms with E-state index < -0.39 is 0 Å². The van der Waals surface area contributed by atoms with Gasteiger partial charge in [-0.3, -0.25) is 4.79 Å². The molecule has 0 saturated carbocycles. The van der Waals surface area contributed by atoms with Crippen LogP contribution in [-0.4, -0.2) is 12.1 Å². The van der Waals surface area contributed by atoms with Crippen LogP contribution in [-0.2, 0) is 14.9 Å². The largest absolute Gasteiger partial charge is 0.463 e. The molecule has 0 N–H and O–H groups in total. The molecule has 0 saturated heterocycles. The van der Waals surface area contributed by atoms with Crippen LogP contribution in [0.3, 0.4) is 0 Å². The lowest BCUT2D eigenvalue weighted by atomic mass is 9.80. The molecular formula is C15H22O2. The minimum atomic E-state index is -0.124. The molecule has 2 heteroatoms. The van der Waals surface area contributed by atoms with Gasteiger partial charge in [0.25, 0.3) is 0 Å². The van der Waals surface area contributed by atoms with E-state index in [0.29, 0.717) is 6.42 Å².